The summed E-state index contributed by atoms with van der Waals surface area (Å²) in [6, 6.07) is 16.9. The second kappa shape index (κ2) is 9.66. The first-order valence-electron chi connectivity index (χ1n) is 8.87. The second-order valence-electron chi connectivity index (χ2n) is 6.14. The van der Waals surface area contributed by atoms with Gasteiger partial charge in [0.1, 0.15) is 12.4 Å². The Morgan fingerprint density at radius 2 is 1.79 bits per heavy atom. The number of hydrogen-bond donors (Lipinski definition) is 2. The number of halogens is 1. The first-order valence-corrected chi connectivity index (χ1v) is 9.25. The Bertz CT molecular complexity index is 976. The lowest BCUT2D eigenvalue weighted by Gasteiger charge is -2.18. The topological polar surface area (TPSA) is 83.8 Å². The third kappa shape index (κ3) is 5.76. The Kier molecular flexibility index (Phi) is 6.76. The number of carbonyl (C=O) groups is 2. The highest BCUT2D eigenvalue weighted by atomic mass is 35.5. The summed E-state index contributed by atoms with van der Waals surface area (Å²) in [5.74, 6) is 0.410. The molecule has 0 fully saturated rings. The molecule has 3 rings (SSSR count). The summed E-state index contributed by atoms with van der Waals surface area (Å²) in [5, 5.41) is 6.02. The normalized spacial score (nSPS) is 10.3. The fraction of sp³-hybridized carbons (Fsp3) is 0.143. The van der Waals surface area contributed by atoms with Crippen molar-refractivity contribution in [2.24, 2.45) is 0 Å². The van der Waals surface area contributed by atoms with Crippen LogP contribution in [0.5, 0.6) is 5.75 Å². The summed E-state index contributed by atoms with van der Waals surface area (Å²) in [6.07, 6.45) is 1.43. The van der Waals surface area contributed by atoms with Crippen LogP contribution in [-0.2, 0) is 0 Å². The minimum Gasteiger partial charge on any atom is -0.490 e. The Labute approximate surface area is 173 Å². The Morgan fingerprint density at radius 1 is 1.03 bits per heavy atom. The van der Waals surface area contributed by atoms with Gasteiger partial charge in [0.25, 0.3) is 5.91 Å². The summed E-state index contributed by atoms with van der Waals surface area (Å²) in [7, 11) is 1.66. The standard InChI is InChI=1S/C21H20ClN3O4/c1-25(11-13-29-18-9-3-2-8-17(18)22)21(27)24-16-7-4-6-15(14-16)23-20(26)19-10-5-12-28-19/h2-10,12,14H,11,13H2,1H3,(H,23,26)(H,24,27). The number of ether oxygens (including phenoxy) is 1. The van der Waals surface area contributed by atoms with Gasteiger partial charge in [0.2, 0.25) is 0 Å². The number of rotatable bonds is 7. The van der Waals surface area contributed by atoms with Crippen molar-refractivity contribution in [1.82, 2.24) is 4.90 Å². The minimum atomic E-state index is -0.368. The smallest absolute Gasteiger partial charge is 0.321 e. The molecule has 8 heteroatoms. The van der Waals surface area contributed by atoms with Gasteiger partial charge in [0.15, 0.2) is 5.76 Å². The molecule has 0 unspecified atom stereocenters. The fourth-order valence-electron chi connectivity index (χ4n) is 2.45. The van der Waals surface area contributed by atoms with Crippen LogP contribution in [0.1, 0.15) is 10.6 Å². The van der Waals surface area contributed by atoms with Gasteiger partial charge in [0.05, 0.1) is 17.8 Å². The van der Waals surface area contributed by atoms with Gasteiger partial charge in [-0.05, 0) is 42.5 Å². The highest BCUT2D eigenvalue weighted by Crippen LogP contribution is 2.23. The van der Waals surface area contributed by atoms with Crippen LogP contribution in [0, 0.1) is 0 Å². The zero-order valence-corrected chi connectivity index (χ0v) is 16.5. The first-order chi connectivity index (χ1) is 14.0. The van der Waals surface area contributed by atoms with Crippen molar-refractivity contribution in [3.05, 3.63) is 77.7 Å². The number of furan rings is 1. The number of amides is 3. The molecule has 2 aromatic carbocycles. The molecule has 0 spiro atoms. The third-order valence-corrected chi connectivity index (χ3v) is 4.30. The quantitative estimate of drug-likeness (QED) is 0.586. The lowest BCUT2D eigenvalue weighted by atomic mass is 10.2. The fourth-order valence-corrected chi connectivity index (χ4v) is 2.64. The van der Waals surface area contributed by atoms with Crippen LogP contribution >= 0.6 is 11.6 Å². The summed E-state index contributed by atoms with van der Waals surface area (Å²) >= 11 is 6.04. The van der Waals surface area contributed by atoms with Crippen molar-refractivity contribution >= 4 is 34.9 Å². The molecule has 0 aliphatic rings. The van der Waals surface area contributed by atoms with Gasteiger partial charge >= 0.3 is 6.03 Å². The molecular weight excluding hydrogens is 394 g/mol. The van der Waals surface area contributed by atoms with Crippen LogP contribution < -0.4 is 15.4 Å². The number of anilines is 2. The van der Waals surface area contributed by atoms with E-state index >= 15 is 0 Å². The molecule has 1 heterocycles. The second-order valence-corrected chi connectivity index (χ2v) is 6.55. The summed E-state index contributed by atoms with van der Waals surface area (Å²) in [4.78, 5) is 25.9. The Morgan fingerprint density at radius 3 is 2.52 bits per heavy atom. The molecule has 3 aromatic rings. The van der Waals surface area contributed by atoms with Crippen molar-refractivity contribution in [1.29, 1.82) is 0 Å². The third-order valence-electron chi connectivity index (χ3n) is 3.98. The molecule has 3 amide bonds. The van der Waals surface area contributed by atoms with Crippen LogP contribution in [0.3, 0.4) is 0 Å². The maximum absolute atomic E-state index is 12.4. The van der Waals surface area contributed by atoms with E-state index < -0.39 is 0 Å². The average molecular weight is 414 g/mol. The summed E-state index contributed by atoms with van der Waals surface area (Å²) < 4.78 is 10.7. The van der Waals surface area contributed by atoms with E-state index in [-0.39, 0.29) is 17.7 Å². The first kappa shape index (κ1) is 20.3. The average Bonchev–Trinajstić information content (AvgIpc) is 3.24. The largest absolute Gasteiger partial charge is 0.490 e. The number of hydrogen-bond acceptors (Lipinski definition) is 4. The van der Waals surface area contributed by atoms with E-state index in [0.29, 0.717) is 35.3 Å². The van der Waals surface area contributed by atoms with E-state index in [1.165, 1.54) is 11.2 Å². The lowest BCUT2D eigenvalue weighted by molar-refractivity contribution is 0.0996. The number of nitrogens with zero attached hydrogens (tertiary/aromatic N) is 1. The predicted octanol–water partition coefficient (Wildman–Crippen LogP) is 4.73. The number of benzene rings is 2. The minimum absolute atomic E-state index is 0.206. The van der Waals surface area contributed by atoms with E-state index in [9.17, 15) is 9.59 Å². The van der Waals surface area contributed by atoms with E-state index in [4.69, 9.17) is 20.8 Å². The molecular formula is C21H20ClN3O4. The molecule has 0 saturated carbocycles. The van der Waals surface area contributed by atoms with Gasteiger partial charge in [0, 0.05) is 18.4 Å². The number of likely N-dealkylation sites (N-methyl/N-ethyl adjacent to an activating group) is 1. The van der Waals surface area contributed by atoms with Gasteiger partial charge in [-0.25, -0.2) is 4.79 Å². The molecule has 0 bridgehead atoms. The van der Waals surface area contributed by atoms with E-state index in [0.717, 1.165) is 0 Å². The molecule has 0 aliphatic heterocycles. The van der Waals surface area contributed by atoms with Gasteiger partial charge in [-0.15, -0.1) is 0 Å². The highest BCUT2D eigenvalue weighted by Gasteiger charge is 2.12. The molecule has 0 aliphatic carbocycles. The van der Waals surface area contributed by atoms with Crippen molar-refractivity contribution in [2.45, 2.75) is 0 Å². The molecule has 0 atom stereocenters. The maximum Gasteiger partial charge on any atom is 0.321 e. The Balaban J connectivity index is 1.50. The van der Waals surface area contributed by atoms with Gasteiger partial charge in [-0.3, -0.25) is 4.79 Å². The van der Waals surface area contributed by atoms with E-state index in [1.807, 2.05) is 12.1 Å². The van der Waals surface area contributed by atoms with Gasteiger partial charge in [-0.2, -0.15) is 0 Å². The highest BCUT2D eigenvalue weighted by molar-refractivity contribution is 6.32. The summed E-state index contributed by atoms with van der Waals surface area (Å²) in [6.45, 7) is 0.666. The van der Waals surface area contributed by atoms with Crippen molar-refractivity contribution in [3.8, 4) is 5.75 Å². The van der Waals surface area contributed by atoms with Crippen molar-refractivity contribution in [2.75, 3.05) is 30.8 Å². The van der Waals surface area contributed by atoms with Crippen molar-refractivity contribution < 1.29 is 18.7 Å². The zero-order chi connectivity index (χ0) is 20.6. The zero-order valence-electron chi connectivity index (χ0n) is 15.7. The molecule has 150 valence electrons. The molecule has 1 aromatic heterocycles. The number of carbonyl (C=O) groups excluding carboxylic acids is 2. The van der Waals surface area contributed by atoms with Gasteiger partial charge in [-0.1, -0.05) is 29.8 Å². The lowest BCUT2D eigenvalue weighted by Crippen LogP contribution is -2.34. The van der Waals surface area contributed by atoms with Crippen LogP contribution in [0.25, 0.3) is 0 Å². The maximum atomic E-state index is 12.4. The molecule has 0 radical (unpaired) electrons. The number of urea groups is 1. The van der Waals surface area contributed by atoms with Gasteiger partial charge < -0.3 is 24.7 Å². The summed E-state index contributed by atoms with van der Waals surface area (Å²) in [5.41, 5.74) is 1.08. The van der Waals surface area contributed by atoms with Crippen molar-refractivity contribution in [3.63, 3.8) is 0 Å². The van der Waals surface area contributed by atoms with Crippen LogP contribution in [-0.4, -0.2) is 37.0 Å². The van der Waals surface area contributed by atoms with E-state index in [2.05, 4.69) is 10.6 Å². The molecule has 7 nitrogen and oxygen atoms in total. The number of nitrogens with one attached hydrogen (secondary N) is 2. The molecule has 2 N–H and O–H groups in total. The Hall–Kier alpha value is -3.45. The van der Waals surface area contributed by atoms with Crippen LogP contribution in [0.2, 0.25) is 5.02 Å². The molecule has 29 heavy (non-hydrogen) atoms. The SMILES string of the molecule is CN(CCOc1ccccc1Cl)C(=O)Nc1cccc(NC(=O)c2ccco2)c1. The van der Waals surface area contributed by atoms with Crippen LogP contribution in [0.4, 0.5) is 16.2 Å². The predicted molar refractivity (Wildman–Crippen MR) is 112 cm³/mol. The number of para-hydroxylation sites is 1. The van der Waals surface area contributed by atoms with Crippen LogP contribution in [0.15, 0.2) is 71.3 Å². The monoisotopic (exact) mass is 413 g/mol. The molecule has 0 saturated heterocycles. The van der Waals surface area contributed by atoms with E-state index in [1.54, 1.807) is 55.6 Å².